The molecule has 1 fully saturated rings. The fourth-order valence-electron chi connectivity index (χ4n) is 2.24. The smallest absolute Gasteiger partial charge is 0.0521 e. The molecule has 14 heavy (non-hydrogen) atoms. The molecule has 78 valence electrons. The third kappa shape index (κ3) is 1.82. The van der Waals surface area contributed by atoms with Gasteiger partial charge < -0.3 is 5.73 Å². The van der Waals surface area contributed by atoms with Crippen molar-refractivity contribution in [1.82, 2.24) is 9.78 Å². The lowest BCUT2D eigenvalue weighted by molar-refractivity contribution is 0.131. The van der Waals surface area contributed by atoms with Crippen LogP contribution in [0.1, 0.15) is 31.2 Å². The molecular weight excluding hydrogens is 174 g/mol. The number of rotatable bonds is 4. The van der Waals surface area contributed by atoms with E-state index < -0.39 is 0 Å². The van der Waals surface area contributed by atoms with E-state index in [0.29, 0.717) is 5.41 Å². The van der Waals surface area contributed by atoms with Gasteiger partial charge in [0.15, 0.2) is 0 Å². The van der Waals surface area contributed by atoms with Crippen molar-refractivity contribution >= 4 is 0 Å². The molecule has 0 aliphatic heterocycles. The molecule has 2 rings (SSSR count). The van der Waals surface area contributed by atoms with Crippen LogP contribution in [-0.4, -0.2) is 16.3 Å². The molecule has 1 heterocycles. The van der Waals surface area contributed by atoms with Gasteiger partial charge in [0.1, 0.15) is 0 Å². The molecule has 0 spiro atoms. The number of hydrogen-bond donors (Lipinski definition) is 1. The maximum absolute atomic E-state index is 5.82. The number of nitrogens with zero attached hydrogens (tertiary/aromatic N) is 2. The predicted octanol–water partition coefficient (Wildman–Crippen LogP) is 1.48. The van der Waals surface area contributed by atoms with Crippen LogP contribution in [0.5, 0.6) is 0 Å². The van der Waals surface area contributed by atoms with Gasteiger partial charge in [-0.2, -0.15) is 5.10 Å². The van der Waals surface area contributed by atoms with Gasteiger partial charge in [-0.05, 0) is 43.2 Å². The van der Waals surface area contributed by atoms with Gasteiger partial charge in [0.05, 0.1) is 6.20 Å². The lowest BCUT2D eigenvalue weighted by Gasteiger charge is -2.41. The highest BCUT2D eigenvalue weighted by Crippen LogP contribution is 2.43. The Kier molecular flexibility index (Phi) is 2.59. The second-order valence-electron chi connectivity index (χ2n) is 4.58. The first-order valence-corrected chi connectivity index (χ1v) is 5.42. The Morgan fingerprint density at radius 1 is 1.57 bits per heavy atom. The molecule has 0 amide bonds. The Hall–Kier alpha value is -0.830. The second-order valence-corrected chi connectivity index (χ2v) is 4.58. The number of hydrogen-bond acceptors (Lipinski definition) is 2. The first-order valence-electron chi connectivity index (χ1n) is 5.42. The first kappa shape index (κ1) is 9.71. The summed E-state index contributed by atoms with van der Waals surface area (Å²) in [7, 11) is 1.96. The molecule has 1 aliphatic carbocycles. The van der Waals surface area contributed by atoms with Crippen LogP contribution in [0, 0.1) is 5.41 Å². The van der Waals surface area contributed by atoms with Crippen molar-refractivity contribution in [2.45, 2.75) is 32.1 Å². The summed E-state index contributed by atoms with van der Waals surface area (Å²) < 4.78 is 1.87. The summed E-state index contributed by atoms with van der Waals surface area (Å²) in [6, 6.07) is 0. The molecule has 0 radical (unpaired) electrons. The summed E-state index contributed by atoms with van der Waals surface area (Å²) in [5.74, 6) is 0. The van der Waals surface area contributed by atoms with E-state index in [4.69, 9.17) is 5.73 Å². The third-order valence-corrected chi connectivity index (χ3v) is 3.55. The van der Waals surface area contributed by atoms with Gasteiger partial charge in [0.2, 0.25) is 0 Å². The summed E-state index contributed by atoms with van der Waals surface area (Å²) in [5, 5.41) is 4.17. The van der Waals surface area contributed by atoms with Gasteiger partial charge in [0, 0.05) is 13.2 Å². The van der Waals surface area contributed by atoms with Gasteiger partial charge in [-0.3, -0.25) is 4.68 Å². The van der Waals surface area contributed by atoms with Crippen molar-refractivity contribution < 1.29 is 0 Å². The number of nitrogens with two attached hydrogens (primary N) is 1. The topological polar surface area (TPSA) is 43.8 Å². The third-order valence-electron chi connectivity index (χ3n) is 3.55. The zero-order valence-corrected chi connectivity index (χ0v) is 8.87. The number of aromatic nitrogens is 2. The van der Waals surface area contributed by atoms with Crippen LogP contribution in [0.15, 0.2) is 12.4 Å². The molecule has 1 aromatic rings. The Bertz CT molecular complexity index is 294. The highest BCUT2D eigenvalue weighted by molar-refractivity contribution is 5.05. The standard InChI is InChI=1S/C11H19N3/c1-14-8-10(7-13-14)3-6-11(9-12)4-2-5-11/h7-8H,2-6,9,12H2,1H3. The molecule has 2 N–H and O–H groups in total. The SMILES string of the molecule is Cn1cc(CCC2(CN)CCC2)cn1. The Morgan fingerprint density at radius 2 is 2.36 bits per heavy atom. The van der Waals surface area contributed by atoms with Crippen molar-refractivity contribution in [3.05, 3.63) is 18.0 Å². The minimum Gasteiger partial charge on any atom is -0.330 e. The van der Waals surface area contributed by atoms with E-state index >= 15 is 0 Å². The molecule has 1 saturated carbocycles. The molecule has 0 atom stereocenters. The quantitative estimate of drug-likeness (QED) is 0.787. The average molecular weight is 193 g/mol. The highest BCUT2D eigenvalue weighted by Gasteiger charge is 2.34. The minimum atomic E-state index is 0.468. The van der Waals surface area contributed by atoms with Crippen LogP contribution >= 0.6 is 0 Å². The van der Waals surface area contributed by atoms with Crippen LogP contribution in [0.2, 0.25) is 0 Å². The van der Waals surface area contributed by atoms with E-state index in [1.807, 2.05) is 17.9 Å². The van der Waals surface area contributed by atoms with Gasteiger partial charge in [-0.15, -0.1) is 0 Å². The van der Waals surface area contributed by atoms with Gasteiger partial charge in [0.25, 0.3) is 0 Å². The van der Waals surface area contributed by atoms with Crippen LogP contribution < -0.4 is 5.73 Å². The summed E-state index contributed by atoms with van der Waals surface area (Å²) >= 11 is 0. The van der Waals surface area contributed by atoms with Crippen LogP contribution in [0.25, 0.3) is 0 Å². The normalized spacial score (nSPS) is 19.3. The summed E-state index contributed by atoms with van der Waals surface area (Å²) in [6.45, 7) is 0.854. The van der Waals surface area contributed by atoms with Crippen molar-refractivity contribution in [3.63, 3.8) is 0 Å². The first-order chi connectivity index (χ1) is 6.74. The Labute approximate surface area is 85.3 Å². The monoisotopic (exact) mass is 193 g/mol. The summed E-state index contributed by atoms with van der Waals surface area (Å²) in [5.41, 5.74) is 7.63. The lowest BCUT2D eigenvalue weighted by atomic mass is 9.66. The van der Waals surface area contributed by atoms with Crippen LogP contribution in [0.3, 0.4) is 0 Å². The van der Waals surface area contributed by atoms with Crippen LogP contribution in [-0.2, 0) is 13.5 Å². The van der Waals surface area contributed by atoms with Crippen molar-refractivity contribution in [2.75, 3.05) is 6.54 Å². The summed E-state index contributed by atoms with van der Waals surface area (Å²) in [6.07, 6.45) is 10.4. The molecule has 3 heteroatoms. The maximum atomic E-state index is 5.82. The maximum Gasteiger partial charge on any atom is 0.0521 e. The second kappa shape index (κ2) is 3.73. The van der Waals surface area contributed by atoms with Crippen molar-refractivity contribution in [3.8, 4) is 0 Å². The van der Waals surface area contributed by atoms with Gasteiger partial charge in [-0.25, -0.2) is 0 Å². The lowest BCUT2D eigenvalue weighted by Crippen LogP contribution is -2.37. The molecule has 0 unspecified atom stereocenters. The van der Waals surface area contributed by atoms with Crippen LogP contribution in [0.4, 0.5) is 0 Å². The highest BCUT2D eigenvalue weighted by atomic mass is 15.2. The van der Waals surface area contributed by atoms with Gasteiger partial charge >= 0.3 is 0 Å². The Morgan fingerprint density at radius 3 is 2.79 bits per heavy atom. The molecule has 1 aliphatic rings. The van der Waals surface area contributed by atoms with E-state index in [2.05, 4.69) is 11.3 Å². The summed E-state index contributed by atoms with van der Waals surface area (Å²) in [4.78, 5) is 0. The molecule has 0 saturated heterocycles. The fourth-order valence-corrected chi connectivity index (χ4v) is 2.24. The molecule has 1 aromatic heterocycles. The zero-order chi connectivity index (χ0) is 10.0. The largest absolute Gasteiger partial charge is 0.330 e. The van der Waals surface area contributed by atoms with E-state index in [9.17, 15) is 0 Å². The number of aryl methyl sites for hydroxylation is 2. The van der Waals surface area contributed by atoms with E-state index in [1.165, 1.54) is 31.2 Å². The molecule has 3 nitrogen and oxygen atoms in total. The van der Waals surface area contributed by atoms with E-state index in [1.54, 1.807) is 0 Å². The van der Waals surface area contributed by atoms with Crippen molar-refractivity contribution in [1.29, 1.82) is 0 Å². The fraction of sp³-hybridized carbons (Fsp3) is 0.727. The van der Waals surface area contributed by atoms with E-state index in [0.717, 1.165) is 13.0 Å². The Balaban J connectivity index is 1.87. The molecule has 0 aromatic carbocycles. The predicted molar refractivity (Wildman–Crippen MR) is 56.9 cm³/mol. The van der Waals surface area contributed by atoms with Gasteiger partial charge in [-0.1, -0.05) is 6.42 Å². The van der Waals surface area contributed by atoms with Crippen molar-refractivity contribution in [2.24, 2.45) is 18.2 Å². The molecular formula is C11H19N3. The minimum absolute atomic E-state index is 0.468. The average Bonchev–Trinajstić information content (AvgIpc) is 2.50. The zero-order valence-electron chi connectivity index (χ0n) is 8.87. The van der Waals surface area contributed by atoms with E-state index in [-0.39, 0.29) is 0 Å². The molecule has 0 bridgehead atoms.